The quantitative estimate of drug-likeness (QED) is 0.516. The molecule has 3 aromatic rings. The number of hydrogen-bond donors (Lipinski definition) is 1. The number of ether oxygens (including phenoxy) is 3. The average molecular weight is 364 g/mol. The van der Waals surface area contributed by atoms with E-state index in [9.17, 15) is 9.90 Å². The molecule has 0 saturated carbocycles. The Morgan fingerprint density at radius 2 is 1.59 bits per heavy atom. The SMILES string of the molecule is COc1cc(C=CC(=O)c2ccc3ccccc3c2O)cc(OC)c1OC. The molecule has 0 heterocycles. The minimum atomic E-state index is -0.299. The second-order valence-corrected chi connectivity index (χ2v) is 5.84. The highest BCUT2D eigenvalue weighted by Gasteiger charge is 2.14. The largest absolute Gasteiger partial charge is 0.507 e. The molecule has 3 aromatic carbocycles. The third kappa shape index (κ3) is 3.58. The molecule has 0 saturated heterocycles. The van der Waals surface area contributed by atoms with Gasteiger partial charge in [-0.3, -0.25) is 4.79 Å². The molecule has 0 bridgehead atoms. The smallest absolute Gasteiger partial charge is 0.203 e. The predicted molar refractivity (Wildman–Crippen MR) is 105 cm³/mol. The Kier molecular flexibility index (Phi) is 5.31. The van der Waals surface area contributed by atoms with Gasteiger partial charge in [-0.15, -0.1) is 0 Å². The van der Waals surface area contributed by atoms with Gasteiger partial charge >= 0.3 is 0 Å². The fourth-order valence-corrected chi connectivity index (χ4v) is 2.91. The van der Waals surface area contributed by atoms with Crippen molar-refractivity contribution in [2.75, 3.05) is 21.3 Å². The Labute approximate surface area is 157 Å². The fraction of sp³-hybridized carbons (Fsp3) is 0.136. The Balaban J connectivity index is 1.94. The van der Waals surface area contributed by atoms with Gasteiger partial charge in [0.15, 0.2) is 17.3 Å². The molecule has 27 heavy (non-hydrogen) atoms. The molecule has 5 nitrogen and oxygen atoms in total. The number of rotatable bonds is 6. The van der Waals surface area contributed by atoms with Crippen LogP contribution in [0, 0.1) is 0 Å². The van der Waals surface area contributed by atoms with E-state index >= 15 is 0 Å². The van der Waals surface area contributed by atoms with E-state index in [1.807, 2.05) is 24.3 Å². The van der Waals surface area contributed by atoms with Crippen molar-refractivity contribution in [1.29, 1.82) is 0 Å². The molecule has 0 aliphatic heterocycles. The van der Waals surface area contributed by atoms with Crippen molar-refractivity contribution in [3.63, 3.8) is 0 Å². The Bertz CT molecular complexity index is 995. The van der Waals surface area contributed by atoms with Gasteiger partial charge in [-0.1, -0.05) is 36.4 Å². The van der Waals surface area contributed by atoms with E-state index < -0.39 is 0 Å². The van der Waals surface area contributed by atoms with Crippen molar-refractivity contribution in [3.05, 3.63) is 65.7 Å². The van der Waals surface area contributed by atoms with Gasteiger partial charge in [0, 0.05) is 5.39 Å². The molecule has 0 aromatic heterocycles. The summed E-state index contributed by atoms with van der Waals surface area (Å²) >= 11 is 0. The Hall–Kier alpha value is -3.47. The zero-order valence-corrected chi connectivity index (χ0v) is 15.4. The van der Waals surface area contributed by atoms with Crippen LogP contribution >= 0.6 is 0 Å². The second kappa shape index (κ2) is 7.83. The van der Waals surface area contributed by atoms with Gasteiger partial charge in [0.1, 0.15) is 5.75 Å². The molecule has 0 unspecified atom stereocenters. The van der Waals surface area contributed by atoms with Gasteiger partial charge in [0.25, 0.3) is 0 Å². The molecule has 0 fully saturated rings. The zero-order chi connectivity index (χ0) is 19.4. The first-order valence-corrected chi connectivity index (χ1v) is 8.32. The zero-order valence-electron chi connectivity index (χ0n) is 15.4. The summed E-state index contributed by atoms with van der Waals surface area (Å²) in [6.45, 7) is 0. The van der Waals surface area contributed by atoms with Gasteiger partial charge < -0.3 is 19.3 Å². The first-order chi connectivity index (χ1) is 13.1. The highest BCUT2D eigenvalue weighted by Crippen LogP contribution is 2.38. The van der Waals surface area contributed by atoms with Crippen LogP contribution in [0.2, 0.25) is 0 Å². The minimum Gasteiger partial charge on any atom is -0.507 e. The number of fused-ring (bicyclic) bond motifs is 1. The lowest BCUT2D eigenvalue weighted by Crippen LogP contribution is -1.97. The van der Waals surface area contributed by atoms with E-state index in [0.29, 0.717) is 28.2 Å². The molecule has 0 radical (unpaired) electrons. The summed E-state index contributed by atoms with van der Waals surface area (Å²) < 4.78 is 15.9. The van der Waals surface area contributed by atoms with Crippen LogP contribution in [0.1, 0.15) is 15.9 Å². The van der Waals surface area contributed by atoms with Crippen LogP contribution in [0.4, 0.5) is 0 Å². The molecule has 0 spiro atoms. The molecule has 1 N–H and O–H groups in total. The lowest BCUT2D eigenvalue weighted by molar-refractivity contribution is 0.104. The summed E-state index contributed by atoms with van der Waals surface area (Å²) in [5.41, 5.74) is 0.954. The van der Waals surface area contributed by atoms with Crippen LogP contribution < -0.4 is 14.2 Å². The number of allylic oxidation sites excluding steroid dienone is 1. The topological polar surface area (TPSA) is 65.0 Å². The van der Waals surface area contributed by atoms with E-state index in [2.05, 4.69) is 0 Å². The number of hydrogen-bond acceptors (Lipinski definition) is 5. The first-order valence-electron chi connectivity index (χ1n) is 8.32. The van der Waals surface area contributed by atoms with Gasteiger partial charge in [-0.25, -0.2) is 0 Å². The number of ketones is 1. The predicted octanol–water partition coefficient (Wildman–Crippen LogP) is 4.47. The number of methoxy groups -OCH3 is 3. The third-order valence-corrected chi connectivity index (χ3v) is 4.28. The fourth-order valence-electron chi connectivity index (χ4n) is 2.91. The summed E-state index contributed by atoms with van der Waals surface area (Å²) in [6, 6.07) is 14.3. The lowest BCUT2D eigenvalue weighted by Gasteiger charge is -2.12. The van der Waals surface area contributed by atoms with Gasteiger partial charge in [-0.2, -0.15) is 0 Å². The Morgan fingerprint density at radius 3 is 2.22 bits per heavy atom. The molecule has 0 aliphatic rings. The molecule has 3 rings (SSSR count). The molecule has 0 atom stereocenters. The summed E-state index contributed by atoms with van der Waals surface area (Å²) in [7, 11) is 4.59. The number of phenolic OH excluding ortho intramolecular Hbond substituents is 1. The van der Waals surface area contributed by atoms with Crippen molar-refractivity contribution in [2.24, 2.45) is 0 Å². The van der Waals surface area contributed by atoms with Crippen molar-refractivity contribution in [2.45, 2.75) is 0 Å². The van der Waals surface area contributed by atoms with Gasteiger partial charge in [0.2, 0.25) is 5.75 Å². The monoisotopic (exact) mass is 364 g/mol. The van der Waals surface area contributed by atoms with Gasteiger partial charge in [0.05, 0.1) is 26.9 Å². The summed E-state index contributed by atoms with van der Waals surface area (Å²) in [5.74, 6) is 1.16. The van der Waals surface area contributed by atoms with Crippen LogP contribution in [0.25, 0.3) is 16.8 Å². The third-order valence-electron chi connectivity index (χ3n) is 4.28. The van der Waals surface area contributed by atoms with Crippen molar-refractivity contribution in [1.82, 2.24) is 0 Å². The standard InChI is InChI=1S/C22H20O5/c1-25-19-12-14(13-20(26-2)22(19)27-3)8-11-18(23)17-10-9-15-6-4-5-7-16(15)21(17)24/h4-13,24H,1-3H3. The van der Waals surface area contributed by atoms with Crippen LogP contribution in [0.5, 0.6) is 23.0 Å². The number of carbonyl (C=O) groups excluding carboxylic acids is 1. The molecule has 0 amide bonds. The van der Waals surface area contributed by atoms with E-state index in [1.165, 1.54) is 27.4 Å². The maximum Gasteiger partial charge on any atom is 0.203 e. The molecular formula is C22H20O5. The summed E-state index contributed by atoms with van der Waals surface area (Å²) in [5, 5.41) is 12.0. The Morgan fingerprint density at radius 1 is 0.926 bits per heavy atom. The molecule has 0 aliphatic carbocycles. The number of carbonyl (C=O) groups is 1. The van der Waals surface area contributed by atoms with E-state index in [-0.39, 0.29) is 17.1 Å². The lowest BCUT2D eigenvalue weighted by atomic mass is 10.0. The normalized spacial score (nSPS) is 10.9. The summed E-state index contributed by atoms with van der Waals surface area (Å²) in [6.07, 6.45) is 3.05. The van der Waals surface area contributed by atoms with Crippen LogP contribution in [0.3, 0.4) is 0 Å². The number of aromatic hydroxyl groups is 1. The average Bonchev–Trinajstić information content (AvgIpc) is 2.71. The van der Waals surface area contributed by atoms with E-state index in [0.717, 1.165) is 5.39 Å². The first kappa shape index (κ1) is 18.3. The highest BCUT2D eigenvalue weighted by molar-refractivity contribution is 6.11. The van der Waals surface area contributed by atoms with Crippen LogP contribution in [-0.2, 0) is 0 Å². The maximum absolute atomic E-state index is 12.6. The van der Waals surface area contributed by atoms with Crippen molar-refractivity contribution >= 4 is 22.6 Å². The van der Waals surface area contributed by atoms with Crippen LogP contribution in [-0.4, -0.2) is 32.2 Å². The second-order valence-electron chi connectivity index (χ2n) is 5.84. The molecular weight excluding hydrogens is 344 g/mol. The van der Waals surface area contributed by atoms with Crippen molar-refractivity contribution < 1.29 is 24.1 Å². The van der Waals surface area contributed by atoms with E-state index in [4.69, 9.17) is 14.2 Å². The summed E-state index contributed by atoms with van der Waals surface area (Å²) in [4.78, 5) is 12.6. The van der Waals surface area contributed by atoms with E-state index in [1.54, 1.807) is 30.3 Å². The van der Waals surface area contributed by atoms with Gasteiger partial charge in [-0.05, 0) is 35.2 Å². The minimum absolute atomic E-state index is 0.0207. The van der Waals surface area contributed by atoms with Crippen molar-refractivity contribution in [3.8, 4) is 23.0 Å². The molecule has 5 heteroatoms. The van der Waals surface area contributed by atoms with Crippen LogP contribution in [0.15, 0.2) is 54.6 Å². The number of benzene rings is 3. The number of phenols is 1. The molecule has 138 valence electrons. The maximum atomic E-state index is 12.6. The highest BCUT2D eigenvalue weighted by atomic mass is 16.5.